The molecule has 0 saturated carbocycles. The minimum Gasteiger partial charge on any atom is -0.356 e. The summed E-state index contributed by atoms with van der Waals surface area (Å²) in [7, 11) is 1.77. The van der Waals surface area contributed by atoms with Crippen LogP contribution in [0.3, 0.4) is 0 Å². The molecule has 3 aromatic heterocycles. The third-order valence-electron chi connectivity index (χ3n) is 4.96. The first-order valence-corrected chi connectivity index (χ1v) is 10.6. The number of benzene rings is 2. The lowest BCUT2D eigenvalue weighted by Gasteiger charge is -2.16. The van der Waals surface area contributed by atoms with Crippen LogP contribution in [0.5, 0.6) is 0 Å². The molecule has 0 radical (unpaired) electrons. The molecule has 3 heterocycles. The standard InChI is InChI=1S/C24H18N4O2S/c1-28(14-18-9-5-6-12-25-18)24(29)17-10-11-21-19(13-17)22(27-30-21)20-15-31-23(26-20)16-7-3-2-4-8-16/h2-13,15H,14H2,1H3. The molecule has 5 rings (SSSR count). The Morgan fingerprint density at radius 1 is 1.06 bits per heavy atom. The highest BCUT2D eigenvalue weighted by Crippen LogP contribution is 2.33. The summed E-state index contributed by atoms with van der Waals surface area (Å²) >= 11 is 1.55. The lowest BCUT2D eigenvalue weighted by molar-refractivity contribution is 0.0783. The molecule has 1 amide bonds. The SMILES string of the molecule is CN(Cc1ccccn1)C(=O)c1ccc2onc(-c3csc(-c4ccccc4)n3)c2c1. The summed E-state index contributed by atoms with van der Waals surface area (Å²) in [4.78, 5) is 23.7. The van der Waals surface area contributed by atoms with Gasteiger partial charge in [0.25, 0.3) is 5.91 Å². The zero-order valence-corrected chi connectivity index (χ0v) is 17.5. The van der Waals surface area contributed by atoms with Gasteiger partial charge in [-0.2, -0.15) is 0 Å². The van der Waals surface area contributed by atoms with Crippen molar-refractivity contribution in [3.63, 3.8) is 0 Å². The molecule has 152 valence electrons. The van der Waals surface area contributed by atoms with Gasteiger partial charge in [0.15, 0.2) is 5.58 Å². The second kappa shape index (κ2) is 8.12. The van der Waals surface area contributed by atoms with Crippen molar-refractivity contribution in [2.45, 2.75) is 6.54 Å². The highest BCUT2D eigenvalue weighted by Gasteiger charge is 2.18. The smallest absolute Gasteiger partial charge is 0.253 e. The van der Waals surface area contributed by atoms with Gasteiger partial charge in [0.1, 0.15) is 16.4 Å². The van der Waals surface area contributed by atoms with Gasteiger partial charge in [-0.15, -0.1) is 11.3 Å². The molecule has 31 heavy (non-hydrogen) atoms. The van der Waals surface area contributed by atoms with E-state index < -0.39 is 0 Å². The van der Waals surface area contributed by atoms with Crippen LogP contribution in [-0.2, 0) is 6.54 Å². The van der Waals surface area contributed by atoms with Crippen LogP contribution in [0.4, 0.5) is 0 Å². The van der Waals surface area contributed by atoms with Crippen LogP contribution >= 0.6 is 11.3 Å². The summed E-state index contributed by atoms with van der Waals surface area (Å²) in [6, 6.07) is 21.0. The van der Waals surface area contributed by atoms with E-state index in [0.29, 0.717) is 23.4 Å². The summed E-state index contributed by atoms with van der Waals surface area (Å²) in [5.74, 6) is -0.0945. The molecule has 0 unspecified atom stereocenters. The minimum atomic E-state index is -0.0945. The summed E-state index contributed by atoms with van der Waals surface area (Å²) < 4.78 is 5.49. The number of nitrogens with zero attached hydrogens (tertiary/aromatic N) is 4. The second-order valence-corrected chi connectivity index (χ2v) is 7.99. The van der Waals surface area contributed by atoms with E-state index in [2.05, 4.69) is 10.1 Å². The van der Waals surface area contributed by atoms with Crippen LogP contribution in [0.1, 0.15) is 16.1 Å². The molecule has 2 aromatic carbocycles. The summed E-state index contributed by atoms with van der Waals surface area (Å²) in [6.07, 6.45) is 1.72. The van der Waals surface area contributed by atoms with Crippen LogP contribution in [0.15, 0.2) is 82.8 Å². The summed E-state index contributed by atoms with van der Waals surface area (Å²) in [6.45, 7) is 0.431. The first kappa shape index (κ1) is 19.1. The third kappa shape index (κ3) is 3.83. The first-order valence-electron chi connectivity index (χ1n) is 9.75. The number of hydrogen-bond acceptors (Lipinski definition) is 6. The first-order chi connectivity index (χ1) is 15.2. The second-order valence-electron chi connectivity index (χ2n) is 7.13. The Morgan fingerprint density at radius 2 is 1.90 bits per heavy atom. The normalized spacial score (nSPS) is 11.0. The highest BCUT2D eigenvalue weighted by molar-refractivity contribution is 7.13. The molecule has 7 heteroatoms. The Labute approximate surface area is 182 Å². The van der Waals surface area contributed by atoms with Crippen molar-refractivity contribution in [1.82, 2.24) is 20.0 Å². The predicted octanol–water partition coefficient (Wildman–Crippen LogP) is 5.29. The lowest BCUT2D eigenvalue weighted by Crippen LogP contribution is -2.26. The monoisotopic (exact) mass is 426 g/mol. The Kier molecular flexibility index (Phi) is 5.01. The zero-order valence-electron chi connectivity index (χ0n) is 16.7. The van der Waals surface area contributed by atoms with E-state index in [9.17, 15) is 4.79 Å². The zero-order chi connectivity index (χ0) is 21.2. The maximum Gasteiger partial charge on any atom is 0.253 e. The van der Waals surface area contributed by atoms with Crippen LogP contribution in [-0.4, -0.2) is 33.0 Å². The molecule has 5 aromatic rings. The fourth-order valence-corrected chi connectivity index (χ4v) is 4.19. The van der Waals surface area contributed by atoms with Gasteiger partial charge in [-0.3, -0.25) is 9.78 Å². The van der Waals surface area contributed by atoms with Gasteiger partial charge in [-0.1, -0.05) is 41.6 Å². The fraction of sp³-hybridized carbons (Fsp3) is 0.0833. The van der Waals surface area contributed by atoms with Gasteiger partial charge in [-0.25, -0.2) is 4.98 Å². The van der Waals surface area contributed by atoms with E-state index in [1.165, 1.54) is 0 Å². The lowest BCUT2D eigenvalue weighted by atomic mass is 10.1. The third-order valence-corrected chi connectivity index (χ3v) is 5.85. The van der Waals surface area contributed by atoms with Crippen molar-refractivity contribution in [2.24, 2.45) is 0 Å². The van der Waals surface area contributed by atoms with Crippen molar-refractivity contribution in [3.8, 4) is 22.0 Å². The number of fused-ring (bicyclic) bond motifs is 1. The molecule has 0 saturated heterocycles. The van der Waals surface area contributed by atoms with Gasteiger partial charge in [0.05, 0.1) is 17.6 Å². The van der Waals surface area contributed by atoms with Crippen LogP contribution in [0.2, 0.25) is 0 Å². The van der Waals surface area contributed by atoms with E-state index in [1.807, 2.05) is 60.0 Å². The molecule has 0 aliphatic heterocycles. The van der Waals surface area contributed by atoms with E-state index in [4.69, 9.17) is 9.51 Å². The van der Waals surface area contributed by atoms with E-state index in [1.54, 1.807) is 41.6 Å². The Hall–Kier alpha value is -3.84. The molecule has 6 nitrogen and oxygen atoms in total. The number of rotatable bonds is 5. The van der Waals surface area contributed by atoms with Crippen LogP contribution in [0, 0.1) is 0 Å². The molecule has 0 bridgehead atoms. The number of hydrogen-bond donors (Lipinski definition) is 0. The Balaban J connectivity index is 1.45. The molecule has 0 aliphatic carbocycles. The number of thiazole rings is 1. The van der Waals surface area contributed by atoms with Crippen LogP contribution in [0.25, 0.3) is 32.9 Å². The number of amides is 1. The minimum absolute atomic E-state index is 0.0945. The van der Waals surface area contributed by atoms with Gasteiger partial charge >= 0.3 is 0 Å². The van der Waals surface area contributed by atoms with Crippen molar-refractivity contribution in [1.29, 1.82) is 0 Å². The van der Waals surface area contributed by atoms with Gasteiger partial charge < -0.3 is 9.42 Å². The Morgan fingerprint density at radius 3 is 2.71 bits per heavy atom. The quantitative estimate of drug-likeness (QED) is 0.382. The topological polar surface area (TPSA) is 72.1 Å². The molecule has 0 N–H and O–H groups in total. The average Bonchev–Trinajstić information content (AvgIpc) is 3.46. The van der Waals surface area contributed by atoms with Crippen molar-refractivity contribution in [2.75, 3.05) is 7.05 Å². The predicted molar refractivity (Wildman–Crippen MR) is 121 cm³/mol. The molecular weight excluding hydrogens is 408 g/mol. The molecule has 0 spiro atoms. The number of carbonyl (C=O) groups excluding carboxylic acids is 1. The van der Waals surface area contributed by atoms with Gasteiger partial charge in [-0.05, 0) is 30.3 Å². The van der Waals surface area contributed by atoms with E-state index in [0.717, 1.165) is 27.3 Å². The van der Waals surface area contributed by atoms with Crippen molar-refractivity contribution in [3.05, 3.63) is 89.6 Å². The maximum atomic E-state index is 13.0. The van der Waals surface area contributed by atoms with Gasteiger partial charge in [0.2, 0.25) is 0 Å². The van der Waals surface area contributed by atoms with Crippen molar-refractivity contribution < 1.29 is 9.32 Å². The summed E-state index contributed by atoms with van der Waals surface area (Å²) in [5, 5.41) is 7.86. The number of aromatic nitrogens is 3. The molecule has 0 atom stereocenters. The maximum absolute atomic E-state index is 13.0. The van der Waals surface area contributed by atoms with E-state index >= 15 is 0 Å². The van der Waals surface area contributed by atoms with Gasteiger partial charge in [0, 0.05) is 29.8 Å². The largest absolute Gasteiger partial charge is 0.356 e. The van der Waals surface area contributed by atoms with E-state index in [-0.39, 0.29) is 5.91 Å². The molecule has 0 aliphatic rings. The fourth-order valence-electron chi connectivity index (χ4n) is 3.38. The highest BCUT2D eigenvalue weighted by atomic mass is 32.1. The number of pyridine rings is 1. The molecule has 0 fully saturated rings. The average molecular weight is 427 g/mol. The number of carbonyl (C=O) groups is 1. The summed E-state index contributed by atoms with van der Waals surface area (Å²) in [5.41, 5.74) is 4.44. The molecular formula is C24H18N4O2S. The Bertz CT molecular complexity index is 1350. The van der Waals surface area contributed by atoms with Crippen molar-refractivity contribution >= 4 is 28.2 Å². The van der Waals surface area contributed by atoms with Crippen LogP contribution < -0.4 is 0 Å².